The molecular formula is C12H19N3O. The number of rotatable bonds is 2. The van der Waals surface area contributed by atoms with Crippen molar-refractivity contribution >= 4 is 11.5 Å². The van der Waals surface area contributed by atoms with Gasteiger partial charge >= 0.3 is 0 Å². The molecule has 2 rings (SSSR count). The second kappa shape index (κ2) is 4.60. The van der Waals surface area contributed by atoms with Crippen molar-refractivity contribution < 1.29 is 0 Å². The van der Waals surface area contributed by atoms with Gasteiger partial charge in [-0.3, -0.25) is 4.79 Å². The first-order chi connectivity index (χ1) is 7.66. The first kappa shape index (κ1) is 11.0. The van der Waals surface area contributed by atoms with E-state index in [9.17, 15) is 4.79 Å². The van der Waals surface area contributed by atoms with Gasteiger partial charge in [0.15, 0.2) is 0 Å². The maximum absolute atomic E-state index is 11.2. The van der Waals surface area contributed by atoms with E-state index in [-0.39, 0.29) is 5.56 Å². The smallest absolute Gasteiger partial charge is 0.249 e. The van der Waals surface area contributed by atoms with Crippen molar-refractivity contribution in [2.24, 2.45) is 5.92 Å². The number of nitrogen functional groups attached to an aromatic ring is 1. The van der Waals surface area contributed by atoms with Crippen molar-refractivity contribution in [2.75, 3.05) is 11.1 Å². The van der Waals surface area contributed by atoms with E-state index < -0.39 is 0 Å². The minimum absolute atomic E-state index is 0.111. The van der Waals surface area contributed by atoms with Crippen molar-refractivity contribution in [2.45, 2.75) is 38.6 Å². The summed E-state index contributed by atoms with van der Waals surface area (Å²) in [6, 6.07) is 3.52. The van der Waals surface area contributed by atoms with Crippen molar-refractivity contribution in [1.82, 2.24) is 4.98 Å². The van der Waals surface area contributed by atoms with Crippen LogP contribution >= 0.6 is 0 Å². The number of aromatic nitrogens is 1. The number of hydrogen-bond donors (Lipinski definition) is 3. The molecule has 2 atom stereocenters. The molecule has 0 aromatic carbocycles. The Morgan fingerprint density at radius 1 is 1.38 bits per heavy atom. The highest BCUT2D eigenvalue weighted by Crippen LogP contribution is 2.27. The molecule has 4 heteroatoms. The van der Waals surface area contributed by atoms with E-state index in [1.165, 1.54) is 25.3 Å². The third-order valence-corrected chi connectivity index (χ3v) is 3.39. The van der Waals surface area contributed by atoms with Gasteiger partial charge in [-0.2, -0.15) is 0 Å². The fourth-order valence-corrected chi connectivity index (χ4v) is 2.32. The van der Waals surface area contributed by atoms with E-state index in [2.05, 4.69) is 17.2 Å². The molecule has 0 amide bonds. The predicted octanol–water partition coefficient (Wildman–Crippen LogP) is 1.95. The van der Waals surface area contributed by atoms with Crippen LogP contribution in [0.3, 0.4) is 0 Å². The topological polar surface area (TPSA) is 70.9 Å². The van der Waals surface area contributed by atoms with Gasteiger partial charge in [-0.05, 0) is 24.8 Å². The number of aromatic amines is 1. The quantitative estimate of drug-likeness (QED) is 0.714. The van der Waals surface area contributed by atoms with Gasteiger partial charge in [0.2, 0.25) is 5.56 Å². The molecule has 1 aliphatic carbocycles. The summed E-state index contributed by atoms with van der Waals surface area (Å²) in [7, 11) is 0. The Bertz CT molecular complexity index is 413. The third kappa shape index (κ3) is 2.38. The number of nitrogens with one attached hydrogen (secondary N) is 2. The van der Waals surface area contributed by atoms with Gasteiger partial charge in [-0.15, -0.1) is 0 Å². The fourth-order valence-electron chi connectivity index (χ4n) is 2.32. The van der Waals surface area contributed by atoms with Gasteiger partial charge in [-0.25, -0.2) is 0 Å². The second-order valence-electron chi connectivity index (χ2n) is 4.67. The van der Waals surface area contributed by atoms with Gasteiger partial charge in [0.25, 0.3) is 0 Å². The van der Waals surface area contributed by atoms with E-state index in [0.717, 1.165) is 6.42 Å². The molecule has 4 nitrogen and oxygen atoms in total. The van der Waals surface area contributed by atoms with Gasteiger partial charge in [0.05, 0.1) is 5.69 Å². The van der Waals surface area contributed by atoms with Gasteiger partial charge in [-0.1, -0.05) is 19.8 Å². The normalized spacial score (nSPS) is 25.3. The molecule has 1 aromatic heterocycles. The zero-order valence-electron chi connectivity index (χ0n) is 9.62. The van der Waals surface area contributed by atoms with Gasteiger partial charge in [0.1, 0.15) is 5.82 Å². The average molecular weight is 221 g/mol. The van der Waals surface area contributed by atoms with Crippen LogP contribution in [0.2, 0.25) is 0 Å². The van der Waals surface area contributed by atoms with E-state index >= 15 is 0 Å². The lowest BCUT2D eigenvalue weighted by Gasteiger charge is -2.30. The van der Waals surface area contributed by atoms with Crippen molar-refractivity contribution in [3.8, 4) is 0 Å². The highest BCUT2D eigenvalue weighted by molar-refractivity contribution is 5.60. The molecule has 0 radical (unpaired) electrons. The molecule has 1 saturated carbocycles. The first-order valence-electron chi connectivity index (χ1n) is 5.92. The average Bonchev–Trinajstić information content (AvgIpc) is 2.27. The largest absolute Gasteiger partial charge is 0.396 e. The van der Waals surface area contributed by atoms with E-state index in [4.69, 9.17) is 5.73 Å². The second-order valence-corrected chi connectivity index (χ2v) is 4.67. The first-order valence-corrected chi connectivity index (χ1v) is 5.92. The molecular weight excluding hydrogens is 202 g/mol. The van der Waals surface area contributed by atoms with Crippen LogP contribution in [0.5, 0.6) is 0 Å². The lowest BCUT2D eigenvalue weighted by atomic mass is 9.86. The van der Waals surface area contributed by atoms with Gasteiger partial charge in [0, 0.05) is 12.1 Å². The minimum Gasteiger partial charge on any atom is -0.396 e. The molecule has 16 heavy (non-hydrogen) atoms. The Labute approximate surface area is 95.3 Å². The van der Waals surface area contributed by atoms with E-state index in [0.29, 0.717) is 23.5 Å². The molecule has 0 aliphatic heterocycles. The summed E-state index contributed by atoms with van der Waals surface area (Å²) in [5, 5.41) is 3.36. The van der Waals surface area contributed by atoms with Crippen LogP contribution < -0.4 is 16.6 Å². The number of nitrogens with two attached hydrogens (primary N) is 1. The molecule has 0 spiro atoms. The molecule has 1 aromatic rings. The Hall–Kier alpha value is -1.45. The summed E-state index contributed by atoms with van der Waals surface area (Å²) in [4.78, 5) is 14.0. The van der Waals surface area contributed by atoms with E-state index in [1.807, 2.05) is 0 Å². The molecule has 0 bridgehead atoms. The number of anilines is 2. The Morgan fingerprint density at radius 3 is 2.88 bits per heavy atom. The zero-order valence-corrected chi connectivity index (χ0v) is 9.62. The van der Waals surface area contributed by atoms with Crippen molar-refractivity contribution in [3.05, 3.63) is 22.5 Å². The molecule has 1 heterocycles. The minimum atomic E-state index is -0.111. The maximum atomic E-state index is 11.2. The third-order valence-electron chi connectivity index (χ3n) is 3.39. The Kier molecular flexibility index (Phi) is 3.17. The number of pyridine rings is 1. The van der Waals surface area contributed by atoms with Crippen molar-refractivity contribution in [1.29, 1.82) is 0 Å². The summed E-state index contributed by atoms with van der Waals surface area (Å²) in [6.07, 6.45) is 4.95. The number of H-pyrrole nitrogens is 1. The Balaban J connectivity index is 2.13. The summed E-state index contributed by atoms with van der Waals surface area (Å²) in [5.74, 6) is 1.31. The van der Waals surface area contributed by atoms with Crippen LogP contribution in [0.4, 0.5) is 11.5 Å². The molecule has 2 unspecified atom stereocenters. The van der Waals surface area contributed by atoms with Crippen molar-refractivity contribution in [3.63, 3.8) is 0 Å². The summed E-state index contributed by atoms with van der Waals surface area (Å²) >= 11 is 0. The summed E-state index contributed by atoms with van der Waals surface area (Å²) < 4.78 is 0. The summed E-state index contributed by atoms with van der Waals surface area (Å²) in [6.45, 7) is 2.24. The van der Waals surface area contributed by atoms with Crippen LogP contribution in [0.15, 0.2) is 16.9 Å². The molecule has 1 aliphatic rings. The molecule has 88 valence electrons. The predicted molar refractivity (Wildman–Crippen MR) is 66.5 cm³/mol. The summed E-state index contributed by atoms with van der Waals surface area (Å²) in [5.41, 5.74) is 6.32. The standard InChI is InChI=1S/C12H19N3O/c1-8-4-2-3-5-10(8)14-12-9(13)6-7-11(16)15-12/h6-8,10H,2-5,13H2,1H3,(H2,14,15,16). The maximum Gasteiger partial charge on any atom is 0.249 e. The highest BCUT2D eigenvalue weighted by Gasteiger charge is 2.21. The van der Waals surface area contributed by atoms with Crippen LogP contribution in [-0.2, 0) is 0 Å². The van der Waals surface area contributed by atoms with Gasteiger partial charge < -0.3 is 16.0 Å². The molecule has 4 N–H and O–H groups in total. The van der Waals surface area contributed by atoms with Crippen LogP contribution in [0.1, 0.15) is 32.6 Å². The van der Waals surface area contributed by atoms with Crippen LogP contribution in [0.25, 0.3) is 0 Å². The zero-order chi connectivity index (χ0) is 11.5. The monoisotopic (exact) mass is 221 g/mol. The van der Waals surface area contributed by atoms with Crippen LogP contribution in [-0.4, -0.2) is 11.0 Å². The van der Waals surface area contributed by atoms with E-state index in [1.54, 1.807) is 6.07 Å². The van der Waals surface area contributed by atoms with Crippen LogP contribution in [0, 0.1) is 5.92 Å². The SMILES string of the molecule is CC1CCCCC1Nc1[nH]c(=O)ccc1N. The fraction of sp³-hybridized carbons (Fsp3) is 0.583. The lowest BCUT2D eigenvalue weighted by molar-refractivity contribution is 0.349. The molecule has 1 fully saturated rings. The number of hydrogen-bond acceptors (Lipinski definition) is 3. The Morgan fingerprint density at radius 2 is 2.12 bits per heavy atom. The lowest BCUT2D eigenvalue weighted by Crippen LogP contribution is -2.31. The highest BCUT2D eigenvalue weighted by atomic mass is 16.1. The molecule has 0 saturated heterocycles.